The highest BCUT2D eigenvalue weighted by atomic mass is 16.6. The largest absolute Gasteiger partial charge is 0.462 e. The number of carbonyl (C=O) groups is 3. The van der Waals surface area contributed by atoms with Gasteiger partial charge in [-0.1, -0.05) is 328 Å². The summed E-state index contributed by atoms with van der Waals surface area (Å²) in [5.41, 5.74) is 0. The van der Waals surface area contributed by atoms with E-state index in [1.807, 2.05) is 0 Å². The average molecular weight is 1080 g/mol. The number of esters is 3. The molecule has 0 heterocycles. The van der Waals surface area contributed by atoms with Gasteiger partial charge in [0.05, 0.1) is 0 Å². The summed E-state index contributed by atoms with van der Waals surface area (Å²) in [4.78, 5) is 38.4. The van der Waals surface area contributed by atoms with Crippen LogP contribution in [0.25, 0.3) is 0 Å². The number of hydrogen-bond acceptors (Lipinski definition) is 6. The molecule has 0 saturated carbocycles. The second-order valence-electron chi connectivity index (χ2n) is 23.8. The lowest BCUT2D eigenvalue weighted by Gasteiger charge is -2.18. The van der Waals surface area contributed by atoms with Crippen LogP contribution in [0.15, 0.2) is 24.3 Å². The summed E-state index contributed by atoms with van der Waals surface area (Å²) >= 11 is 0. The molecule has 0 saturated heterocycles. The SMILES string of the molecule is CCCCCCCC/C=C\CCCCCCCC(=O)OC(COC(=O)CCCCCCCCCCCCCCCCC)COC(=O)CCCCCCCCCCCCCCCCCCC/C=C\CCCCCCCCCC. The number of rotatable bonds is 65. The second kappa shape index (κ2) is 66.4. The van der Waals surface area contributed by atoms with Crippen LogP contribution in [0.5, 0.6) is 0 Å². The van der Waals surface area contributed by atoms with Gasteiger partial charge in [0.1, 0.15) is 13.2 Å². The standard InChI is InChI=1S/C71H134O6/c1-4-7-10-13-16-19-22-25-28-29-30-31-32-33-34-35-36-37-38-39-40-41-44-46-49-52-55-58-61-64-70(73)76-67-68(77-71(74)65-62-59-56-53-50-47-43-27-24-21-18-15-12-9-6-3)66-75-69(72)63-60-57-54-51-48-45-42-26-23-20-17-14-11-8-5-2/h27,29-30,43,68H,4-26,28,31-42,44-67H2,1-3H3/b30-29-,43-27-. The molecule has 0 N–H and O–H groups in total. The first-order valence-corrected chi connectivity index (χ1v) is 34.8. The van der Waals surface area contributed by atoms with Crippen LogP contribution in [0.1, 0.15) is 393 Å². The van der Waals surface area contributed by atoms with Gasteiger partial charge in [0.15, 0.2) is 6.10 Å². The van der Waals surface area contributed by atoms with Crippen molar-refractivity contribution in [1.29, 1.82) is 0 Å². The first kappa shape index (κ1) is 74.9. The highest BCUT2D eigenvalue weighted by Gasteiger charge is 2.19. The highest BCUT2D eigenvalue weighted by molar-refractivity contribution is 5.71. The third-order valence-corrected chi connectivity index (χ3v) is 15.9. The third-order valence-electron chi connectivity index (χ3n) is 15.9. The molecule has 0 aromatic carbocycles. The molecule has 0 rings (SSSR count). The Morgan fingerprint density at radius 1 is 0.247 bits per heavy atom. The molecule has 0 aromatic rings. The molecule has 6 heteroatoms. The highest BCUT2D eigenvalue weighted by Crippen LogP contribution is 2.18. The van der Waals surface area contributed by atoms with Gasteiger partial charge < -0.3 is 14.2 Å². The van der Waals surface area contributed by atoms with Crippen molar-refractivity contribution in [2.75, 3.05) is 13.2 Å². The molecule has 77 heavy (non-hydrogen) atoms. The van der Waals surface area contributed by atoms with Gasteiger partial charge in [-0.25, -0.2) is 0 Å². The van der Waals surface area contributed by atoms with Gasteiger partial charge in [0.25, 0.3) is 0 Å². The molecule has 0 aliphatic carbocycles. The van der Waals surface area contributed by atoms with Crippen LogP contribution in [0.2, 0.25) is 0 Å². The maximum absolute atomic E-state index is 12.9. The molecule has 0 fully saturated rings. The van der Waals surface area contributed by atoms with Gasteiger partial charge in [-0.3, -0.25) is 14.4 Å². The van der Waals surface area contributed by atoms with Crippen LogP contribution in [0.3, 0.4) is 0 Å². The van der Waals surface area contributed by atoms with E-state index < -0.39 is 6.10 Å². The fraction of sp³-hybridized carbons (Fsp3) is 0.901. The van der Waals surface area contributed by atoms with Crippen molar-refractivity contribution in [3.05, 3.63) is 24.3 Å². The lowest BCUT2D eigenvalue weighted by molar-refractivity contribution is -0.167. The average Bonchev–Trinajstić information content (AvgIpc) is 3.43. The minimum atomic E-state index is -0.772. The molecule has 0 bridgehead atoms. The smallest absolute Gasteiger partial charge is 0.306 e. The number of ether oxygens (including phenoxy) is 3. The molecule has 1 unspecified atom stereocenters. The van der Waals surface area contributed by atoms with Crippen LogP contribution in [-0.2, 0) is 28.6 Å². The van der Waals surface area contributed by atoms with E-state index in [9.17, 15) is 14.4 Å². The zero-order valence-corrected chi connectivity index (χ0v) is 52.3. The van der Waals surface area contributed by atoms with E-state index in [1.54, 1.807) is 0 Å². The molecular weight excluding hydrogens is 949 g/mol. The Bertz CT molecular complexity index is 1240. The number of allylic oxidation sites excluding steroid dienone is 4. The van der Waals surface area contributed by atoms with Gasteiger partial charge in [0.2, 0.25) is 0 Å². The Hall–Kier alpha value is -2.11. The van der Waals surface area contributed by atoms with Crippen LogP contribution >= 0.6 is 0 Å². The topological polar surface area (TPSA) is 78.9 Å². The van der Waals surface area contributed by atoms with Crippen molar-refractivity contribution < 1.29 is 28.6 Å². The third kappa shape index (κ3) is 64.6. The van der Waals surface area contributed by atoms with E-state index in [-0.39, 0.29) is 31.1 Å². The van der Waals surface area contributed by atoms with Crippen molar-refractivity contribution in [2.45, 2.75) is 399 Å². The molecule has 454 valence electrons. The predicted molar refractivity (Wildman–Crippen MR) is 335 cm³/mol. The fourth-order valence-electron chi connectivity index (χ4n) is 10.7. The summed E-state index contributed by atoms with van der Waals surface area (Å²) in [5, 5.41) is 0. The molecular formula is C71H134O6. The van der Waals surface area contributed by atoms with E-state index in [2.05, 4.69) is 45.1 Å². The van der Waals surface area contributed by atoms with Crippen LogP contribution < -0.4 is 0 Å². The van der Waals surface area contributed by atoms with E-state index in [0.29, 0.717) is 19.3 Å². The lowest BCUT2D eigenvalue weighted by atomic mass is 10.0. The van der Waals surface area contributed by atoms with Crippen molar-refractivity contribution in [1.82, 2.24) is 0 Å². The first-order chi connectivity index (χ1) is 38.0. The molecule has 0 aliphatic rings. The molecule has 1 atom stereocenters. The summed E-state index contributed by atoms with van der Waals surface area (Å²) in [6.45, 7) is 6.70. The van der Waals surface area contributed by atoms with Gasteiger partial charge >= 0.3 is 17.9 Å². The molecule has 0 amide bonds. The van der Waals surface area contributed by atoms with E-state index in [0.717, 1.165) is 64.2 Å². The zero-order chi connectivity index (χ0) is 55.7. The zero-order valence-electron chi connectivity index (χ0n) is 52.3. The maximum Gasteiger partial charge on any atom is 0.306 e. The van der Waals surface area contributed by atoms with Gasteiger partial charge in [0, 0.05) is 19.3 Å². The maximum atomic E-state index is 12.9. The lowest BCUT2D eigenvalue weighted by Crippen LogP contribution is -2.30. The van der Waals surface area contributed by atoms with Crippen molar-refractivity contribution in [2.24, 2.45) is 0 Å². The van der Waals surface area contributed by atoms with Gasteiger partial charge in [-0.2, -0.15) is 0 Å². The molecule has 0 radical (unpaired) electrons. The van der Waals surface area contributed by atoms with E-state index in [1.165, 1.54) is 289 Å². The minimum absolute atomic E-state index is 0.0684. The Morgan fingerprint density at radius 2 is 0.429 bits per heavy atom. The van der Waals surface area contributed by atoms with Gasteiger partial charge in [-0.05, 0) is 70.6 Å². The summed E-state index contributed by atoms with van der Waals surface area (Å²) in [7, 11) is 0. The molecule has 0 aromatic heterocycles. The summed E-state index contributed by atoms with van der Waals surface area (Å²) in [6, 6.07) is 0. The Labute approximate surface area is 481 Å². The van der Waals surface area contributed by atoms with Gasteiger partial charge in [-0.15, -0.1) is 0 Å². The summed E-state index contributed by atoms with van der Waals surface area (Å²) < 4.78 is 17.0. The predicted octanol–water partition coefficient (Wildman–Crippen LogP) is 23.8. The molecule has 0 aliphatic heterocycles. The molecule has 0 spiro atoms. The Balaban J connectivity index is 4.17. The van der Waals surface area contributed by atoms with E-state index >= 15 is 0 Å². The van der Waals surface area contributed by atoms with Crippen LogP contribution in [-0.4, -0.2) is 37.2 Å². The number of unbranched alkanes of at least 4 members (excludes halogenated alkanes) is 50. The van der Waals surface area contributed by atoms with Crippen LogP contribution in [0.4, 0.5) is 0 Å². The monoisotopic (exact) mass is 1080 g/mol. The second-order valence-corrected chi connectivity index (χ2v) is 23.8. The fourth-order valence-corrected chi connectivity index (χ4v) is 10.7. The van der Waals surface area contributed by atoms with Crippen molar-refractivity contribution >= 4 is 17.9 Å². The minimum Gasteiger partial charge on any atom is -0.462 e. The van der Waals surface area contributed by atoms with Crippen molar-refractivity contribution in [3.63, 3.8) is 0 Å². The van der Waals surface area contributed by atoms with E-state index in [4.69, 9.17) is 14.2 Å². The Morgan fingerprint density at radius 3 is 0.649 bits per heavy atom. The summed E-state index contributed by atoms with van der Waals surface area (Å²) in [6.07, 6.45) is 80.7. The number of carbonyl (C=O) groups excluding carboxylic acids is 3. The first-order valence-electron chi connectivity index (χ1n) is 34.8. The Kier molecular flexibility index (Phi) is 64.6. The normalized spacial score (nSPS) is 12.1. The summed E-state index contributed by atoms with van der Waals surface area (Å²) in [5.74, 6) is -0.847. The molecule has 6 nitrogen and oxygen atoms in total. The van der Waals surface area contributed by atoms with Crippen molar-refractivity contribution in [3.8, 4) is 0 Å². The quantitative estimate of drug-likeness (QED) is 0.0261. The van der Waals surface area contributed by atoms with Crippen LogP contribution in [0, 0.1) is 0 Å². The number of hydrogen-bond donors (Lipinski definition) is 0.